The van der Waals surface area contributed by atoms with Crippen molar-refractivity contribution in [1.29, 1.82) is 0 Å². The second kappa shape index (κ2) is 23.6. The minimum atomic E-state index is 1.20. The Hall–Kier alpha value is -0.520. The molecule has 120 valence electrons. The Morgan fingerprint density at radius 1 is 0.500 bits per heavy atom. The van der Waals surface area contributed by atoms with E-state index < -0.39 is 0 Å². The van der Waals surface area contributed by atoms with E-state index in [9.17, 15) is 0 Å². The van der Waals surface area contributed by atoms with Crippen molar-refractivity contribution in [2.75, 3.05) is 0 Å². The second-order valence-corrected chi connectivity index (χ2v) is 5.69. The first kappa shape index (κ1) is 21.8. The van der Waals surface area contributed by atoms with Crippen LogP contribution in [0.3, 0.4) is 0 Å². The van der Waals surface area contributed by atoms with Crippen LogP contribution in [0.2, 0.25) is 0 Å². The van der Waals surface area contributed by atoms with E-state index in [1.807, 2.05) is 12.2 Å². The third kappa shape index (κ3) is 26.1. The first-order chi connectivity index (χ1) is 9.83. The molecule has 0 aromatic heterocycles. The molecule has 20 heavy (non-hydrogen) atoms. The van der Waals surface area contributed by atoms with Gasteiger partial charge in [-0.3, -0.25) is 0 Å². The van der Waals surface area contributed by atoms with E-state index in [0.29, 0.717) is 0 Å². The summed E-state index contributed by atoms with van der Waals surface area (Å²) >= 11 is 0. The van der Waals surface area contributed by atoms with Crippen LogP contribution in [0.5, 0.6) is 0 Å². The van der Waals surface area contributed by atoms with Gasteiger partial charge in [-0.05, 0) is 25.7 Å². The number of hydrogen-bond donors (Lipinski definition) is 0. The number of unbranched alkanes of at least 4 members (excludes halogenated alkanes) is 12. The molecule has 0 radical (unpaired) electrons. The van der Waals surface area contributed by atoms with Crippen LogP contribution in [-0.2, 0) is 0 Å². The maximum atomic E-state index is 3.69. The van der Waals surface area contributed by atoms with E-state index in [1.165, 1.54) is 89.9 Å². The molecule has 0 unspecified atom stereocenters. The highest BCUT2D eigenvalue weighted by atomic mass is 13.9. The number of hydrogen-bond acceptors (Lipinski definition) is 0. The Labute approximate surface area is 129 Å². The zero-order valence-corrected chi connectivity index (χ0v) is 14.5. The SMILES string of the molecule is C=CCCCCCCCC.C=CCCCCCCCC. The van der Waals surface area contributed by atoms with Crippen LogP contribution >= 0.6 is 0 Å². The molecule has 0 aromatic carbocycles. The molecular formula is C20H40. The predicted molar refractivity (Wildman–Crippen MR) is 96.4 cm³/mol. The van der Waals surface area contributed by atoms with Gasteiger partial charge in [-0.2, -0.15) is 0 Å². The van der Waals surface area contributed by atoms with E-state index in [4.69, 9.17) is 0 Å². The number of rotatable bonds is 14. The smallest absolute Gasteiger partial charge is 0.0353 e. The topological polar surface area (TPSA) is 0 Å². The highest BCUT2D eigenvalue weighted by Crippen LogP contribution is 2.07. The summed E-state index contributed by atoms with van der Waals surface area (Å²) in [6.45, 7) is 11.9. The van der Waals surface area contributed by atoms with Crippen molar-refractivity contribution in [2.24, 2.45) is 0 Å². The summed E-state index contributed by atoms with van der Waals surface area (Å²) in [5, 5.41) is 0. The average Bonchev–Trinajstić information content (AvgIpc) is 2.47. The Kier molecular flexibility index (Phi) is 25.7. The summed E-state index contributed by atoms with van der Waals surface area (Å²) in [6.07, 6.45) is 23.1. The molecule has 0 heterocycles. The van der Waals surface area contributed by atoms with Gasteiger partial charge in [0.15, 0.2) is 0 Å². The zero-order valence-electron chi connectivity index (χ0n) is 14.5. The van der Waals surface area contributed by atoms with E-state index in [1.54, 1.807) is 0 Å². The standard InChI is InChI=1S/2C10H20/c2*1-3-5-7-9-10-8-6-4-2/h2*3H,1,4-10H2,2H3. The summed E-state index contributed by atoms with van der Waals surface area (Å²) in [5.74, 6) is 0. The van der Waals surface area contributed by atoms with Gasteiger partial charge in [0.1, 0.15) is 0 Å². The van der Waals surface area contributed by atoms with Crippen LogP contribution in [0.15, 0.2) is 25.3 Å². The first-order valence-electron chi connectivity index (χ1n) is 9.05. The van der Waals surface area contributed by atoms with Crippen molar-refractivity contribution in [3.63, 3.8) is 0 Å². The van der Waals surface area contributed by atoms with Crippen LogP contribution in [0.25, 0.3) is 0 Å². The monoisotopic (exact) mass is 280 g/mol. The molecule has 0 N–H and O–H groups in total. The molecule has 0 aliphatic carbocycles. The highest BCUT2D eigenvalue weighted by Gasteiger charge is 1.87. The highest BCUT2D eigenvalue weighted by molar-refractivity contribution is 4.65. The van der Waals surface area contributed by atoms with Crippen LogP contribution in [-0.4, -0.2) is 0 Å². The van der Waals surface area contributed by atoms with Crippen molar-refractivity contribution in [3.05, 3.63) is 25.3 Å². The fourth-order valence-corrected chi connectivity index (χ4v) is 2.14. The predicted octanol–water partition coefficient (Wildman–Crippen LogP) is 7.85. The van der Waals surface area contributed by atoms with Crippen LogP contribution in [0, 0.1) is 0 Å². The molecule has 0 aliphatic heterocycles. The molecule has 0 atom stereocenters. The molecule has 0 amide bonds. The van der Waals surface area contributed by atoms with Crippen molar-refractivity contribution >= 4 is 0 Å². The molecule has 0 aliphatic rings. The van der Waals surface area contributed by atoms with Gasteiger partial charge in [0.05, 0.1) is 0 Å². The van der Waals surface area contributed by atoms with E-state index in [0.717, 1.165) is 0 Å². The molecule has 0 bridgehead atoms. The quantitative estimate of drug-likeness (QED) is 0.224. The molecule has 0 fully saturated rings. The summed E-state index contributed by atoms with van der Waals surface area (Å²) < 4.78 is 0. The van der Waals surface area contributed by atoms with Gasteiger partial charge < -0.3 is 0 Å². The Bertz CT molecular complexity index is 149. The Morgan fingerprint density at radius 2 is 0.800 bits per heavy atom. The molecule has 0 saturated carbocycles. The van der Waals surface area contributed by atoms with Gasteiger partial charge >= 0.3 is 0 Å². The van der Waals surface area contributed by atoms with E-state index in [-0.39, 0.29) is 0 Å². The minimum absolute atomic E-state index is 1.20. The molecule has 0 rings (SSSR count). The lowest BCUT2D eigenvalue weighted by atomic mass is 10.1. The third-order valence-electron chi connectivity index (χ3n) is 3.52. The lowest BCUT2D eigenvalue weighted by molar-refractivity contribution is 0.611. The van der Waals surface area contributed by atoms with Gasteiger partial charge in [-0.25, -0.2) is 0 Å². The van der Waals surface area contributed by atoms with Crippen molar-refractivity contribution in [1.82, 2.24) is 0 Å². The average molecular weight is 281 g/mol. The summed E-state index contributed by atoms with van der Waals surface area (Å²) in [7, 11) is 0. The Balaban J connectivity index is 0. The van der Waals surface area contributed by atoms with Crippen LogP contribution in [0.1, 0.15) is 104 Å². The fraction of sp³-hybridized carbons (Fsp3) is 0.800. The van der Waals surface area contributed by atoms with E-state index >= 15 is 0 Å². The van der Waals surface area contributed by atoms with Gasteiger partial charge in [-0.1, -0.05) is 90.2 Å². The fourth-order valence-electron chi connectivity index (χ4n) is 2.14. The first-order valence-corrected chi connectivity index (χ1v) is 9.05. The summed E-state index contributed by atoms with van der Waals surface area (Å²) in [6, 6.07) is 0. The lowest BCUT2D eigenvalue weighted by Crippen LogP contribution is -1.76. The van der Waals surface area contributed by atoms with Gasteiger partial charge in [0.2, 0.25) is 0 Å². The molecule has 0 heteroatoms. The minimum Gasteiger partial charge on any atom is -0.103 e. The Morgan fingerprint density at radius 3 is 1.10 bits per heavy atom. The van der Waals surface area contributed by atoms with Crippen LogP contribution < -0.4 is 0 Å². The molecule has 0 nitrogen and oxygen atoms in total. The van der Waals surface area contributed by atoms with E-state index in [2.05, 4.69) is 27.0 Å². The normalized spacial score (nSPS) is 9.70. The van der Waals surface area contributed by atoms with Gasteiger partial charge in [-0.15, -0.1) is 13.2 Å². The maximum Gasteiger partial charge on any atom is -0.0353 e. The summed E-state index contributed by atoms with van der Waals surface area (Å²) in [5.41, 5.74) is 0. The molecule has 0 saturated heterocycles. The van der Waals surface area contributed by atoms with Crippen molar-refractivity contribution < 1.29 is 0 Å². The van der Waals surface area contributed by atoms with Crippen molar-refractivity contribution in [3.8, 4) is 0 Å². The zero-order chi connectivity index (χ0) is 15.3. The van der Waals surface area contributed by atoms with Gasteiger partial charge in [0.25, 0.3) is 0 Å². The lowest BCUT2D eigenvalue weighted by Gasteiger charge is -1.96. The molecule has 0 aromatic rings. The number of allylic oxidation sites excluding steroid dienone is 2. The van der Waals surface area contributed by atoms with Crippen LogP contribution in [0.4, 0.5) is 0 Å². The van der Waals surface area contributed by atoms with Gasteiger partial charge in [0, 0.05) is 0 Å². The van der Waals surface area contributed by atoms with Crippen molar-refractivity contribution in [2.45, 2.75) is 104 Å². The maximum absolute atomic E-state index is 3.69. The second-order valence-electron chi connectivity index (χ2n) is 5.69. The third-order valence-corrected chi connectivity index (χ3v) is 3.52. The summed E-state index contributed by atoms with van der Waals surface area (Å²) in [4.78, 5) is 0. The largest absolute Gasteiger partial charge is 0.103 e. The molecule has 0 spiro atoms. The molecular weight excluding hydrogens is 240 g/mol.